The van der Waals surface area contributed by atoms with Gasteiger partial charge < -0.3 is 24.8 Å². The first-order chi connectivity index (χ1) is 15.9. The second kappa shape index (κ2) is 12.4. The van der Waals surface area contributed by atoms with E-state index in [2.05, 4.69) is 6.07 Å². The van der Waals surface area contributed by atoms with Gasteiger partial charge in [-0.1, -0.05) is 19.1 Å². The second-order valence-electron chi connectivity index (χ2n) is 9.55. The van der Waals surface area contributed by atoms with Gasteiger partial charge in [-0.3, -0.25) is 4.79 Å². The number of hydrogen-bond acceptors (Lipinski definition) is 6. The molecule has 0 amide bonds. The molecule has 1 fully saturated rings. The first kappa shape index (κ1) is 25.5. The van der Waals surface area contributed by atoms with Crippen molar-refractivity contribution >= 4 is 11.9 Å². The van der Waals surface area contributed by atoms with Crippen molar-refractivity contribution in [3.63, 3.8) is 0 Å². The number of esters is 1. The molecular formula is C26H38O7. The standard InChI is InChI=1S/C26H38O7/c1-2-19(27)10-11-20-21-13-17-7-6-8-24(22(17)14-18(21)15-23(20)28)33-16-26(31)32-12-5-3-4-9-25(29)30/h6-8,18-21,23,27-28H,2-5,9-16H2,1H3,(H,29,30)/t18-,19-,20+,21-,23+/m0/s1. The number of aliphatic carboxylic acids is 1. The number of aliphatic hydroxyl groups is 2. The number of ether oxygens (including phenoxy) is 2. The molecule has 0 aliphatic heterocycles. The average Bonchev–Trinajstić information content (AvgIpc) is 3.10. The van der Waals surface area contributed by atoms with E-state index in [-0.39, 0.29) is 37.8 Å². The summed E-state index contributed by atoms with van der Waals surface area (Å²) in [7, 11) is 0. The Morgan fingerprint density at radius 2 is 2.00 bits per heavy atom. The molecule has 1 saturated carbocycles. The molecule has 0 saturated heterocycles. The smallest absolute Gasteiger partial charge is 0.344 e. The normalized spacial score (nSPS) is 24.6. The van der Waals surface area contributed by atoms with Gasteiger partial charge in [0, 0.05) is 6.42 Å². The van der Waals surface area contributed by atoms with Crippen LogP contribution in [0.4, 0.5) is 0 Å². The lowest BCUT2D eigenvalue weighted by atomic mass is 9.73. The molecule has 3 N–H and O–H groups in total. The minimum Gasteiger partial charge on any atom is -0.482 e. The van der Waals surface area contributed by atoms with Gasteiger partial charge in [-0.05, 0) is 92.7 Å². The number of unbranched alkanes of at least 4 members (excludes halogenated alkanes) is 2. The first-order valence-corrected chi connectivity index (χ1v) is 12.4. The molecule has 0 spiro atoms. The maximum atomic E-state index is 12.1. The van der Waals surface area contributed by atoms with E-state index in [1.807, 2.05) is 19.1 Å². The zero-order valence-corrected chi connectivity index (χ0v) is 19.6. The first-order valence-electron chi connectivity index (χ1n) is 12.4. The minimum absolute atomic E-state index is 0.135. The maximum Gasteiger partial charge on any atom is 0.344 e. The molecule has 33 heavy (non-hydrogen) atoms. The lowest BCUT2D eigenvalue weighted by molar-refractivity contribution is -0.146. The van der Waals surface area contributed by atoms with Gasteiger partial charge in [0.2, 0.25) is 0 Å². The van der Waals surface area contributed by atoms with Crippen molar-refractivity contribution in [3.8, 4) is 5.75 Å². The summed E-state index contributed by atoms with van der Waals surface area (Å²) in [4.78, 5) is 22.5. The highest BCUT2D eigenvalue weighted by Crippen LogP contribution is 2.48. The molecule has 0 heterocycles. The third-order valence-electron chi connectivity index (χ3n) is 7.29. The zero-order chi connectivity index (χ0) is 23.8. The van der Waals surface area contributed by atoms with Gasteiger partial charge >= 0.3 is 11.9 Å². The SMILES string of the molecule is CC[C@H](O)CC[C@@H]1[C@H]2Cc3cccc(OCC(=O)OCCCCCC(=O)O)c3C[C@H]2C[C@H]1O. The number of aliphatic hydroxyl groups excluding tert-OH is 2. The van der Waals surface area contributed by atoms with E-state index in [0.29, 0.717) is 36.8 Å². The van der Waals surface area contributed by atoms with Crippen LogP contribution in [0.3, 0.4) is 0 Å². The van der Waals surface area contributed by atoms with Crippen LogP contribution in [0, 0.1) is 17.8 Å². The average molecular weight is 463 g/mol. The van der Waals surface area contributed by atoms with Crippen molar-refractivity contribution in [3.05, 3.63) is 29.3 Å². The summed E-state index contributed by atoms with van der Waals surface area (Å²) < 4.78 is 11.0. The summed E-state index contributed by atoms with van der Waals surface area (Å²) in [5.41, 5.74) is 2.34. The molecule has 7 heteroatoms. The summed E-state index contributed by atoms with van der Waals surface area (Å²) in [6.07, 6.45) is 6.27. The molecule has 0 aromatic heterocycles. The summed E-state index contributed by atoms with van der Waals surface area (Å²) >= 11 is 0. The maximum absolute atomic E-state index is 12.1. The van der Waals surface area contributed by atoms with Crippen molar-refractivity contribution in [1.82, 2.24) is 0 Å². The number of carbonyl (C=O) groups is 2. The quantitative estimate of drug-likeness (QED) is 0.304. The molecule has 0 radical (unpaired) electrons. The Hall–Kier alpha value is -2.12. The van der Waals surface area contributed by atoms with Crippen molar-refractivity contribution < 1.29 is 34.4 Å². The van der Waals surface area contributed by atoms with Crippen LogP contribution in [0.1, 0.15) is 69.4 Å². The molecule has 3 rings (SSSR count). The largest absolute Gasteiger partial charge is 0.482 e. The van der Waals surface area contributed by atoms with Crippen LogP contribution < -0.4 is 4.74 Å². The van der Waals surface area contributed by atoms with E-state index in [0.717, 1.165) is 44.1 Å². The fourth-order valence-electron chi connectivity index (χ4n) is 5.45. The van der Waals surface area contributed by atoms with Crippen molar-refractivity contribution in [2.75, 3.05) is 13.2 Å². The van der Waals surface area contributed by atoms with E-state index in [9.17, 15) is 19.8 Å². The summed E-state index contributed by atoms with van der Waals surface area (Å²) in [5, 5.41) is 29.3. The monoisotopic (exact) mass is 462 g/mol. The third kappa shape index (κ3) is 7.18. The number of carboxylic acids is 1. The number of fused-ring (bicyclic) bond motifs is 2. The molecule has 7 nitrogen and oxygen atoms in total. The molecule has 1 aromatic carbocycles. The fourth-order valence-corrected chi connectivity index (χ4v) is 5.45. The van der Waals surface area contributed by atoms with Gasteiger partial charge in [0.25, 0.3) is 0 Å². The minimum atomic E-state index is -0.809. The van der Waals surface area contributed by atoms with Gasteiger partial charge in [0.1, 0.15) is 5.75 Å². The molecule has 2 aliphatic rings. The highest BCUT2D eigenvalue weighted by atomic mass is 16.6. The highest BCUT2D eigenvalue weighted by Gasteiger charge is 2.44. The lowest BCUT2D eigenvalue weighted by Crippen LogP contribution is -2.28. The molecule has 184 valence electrons. The Morgan fingerprint density at radius 3 is 2.76 bits per heavy atom. The number of carbonyl (C=O) groups excluding carboxylic acids is 1. The summed E-state index contributed by atoms with van der Waals surface area (Å²) in [5.74, 6) is 0.501. The third-order valence-corrected chi connectivity index (χ3v) is 7.29. The summed E-state index contributed by atoms with van der Waals surface area (Å²) in [6, 6.07) is 5.94. The Kier molecular flexibility index (Phi) is 9.56. The molecule has 1 aromatic rings. The number of hydrogen-bond donors (Lipinski definition) is 3. The number of rotatable bonds is 13. The molecule has 2 aliphatic carbocycles. The Balaban J connectivity index is 1.50. The lowest BCUT2D eigenvalue weighted by Gasteiger charge is -2.32. The van der Waals surface area contributed by atoms with Gasteiger partial charge in [-0.2, -0.15) is 0 Å². The van der Waals surface area contributed by atoms with E-state index >= 15 is 0 Å². The number of benzene rings is 1. The zero-order valence-electron chi connectivity index (χ0n) is 19.6. The van der Waals surface area contributed by atoms with Crippen molar-refractivity contribution in [1.29, 1.82) is 0 Å². The Morgan fingerprint density at radius 1 is 1.18 bits per heavy atom. The van der Waals surface area contributed by atoms with E-state index in [1.54, 1.807) is 0 Å². The van der Waals surface area contributed by atoms with Crippen LogP contribution in [0.15, 0.2) is 18.2 Å². The van der Waals surface area contributed by atoms with E-state index in [1.165, 1.54) is 5.56 Å². The van der Waals surface area contributed by atoms with Gasteiger partial charge in [0.15, 0.2) is 6.61 Å². The second-order valence-corrected chi connectivity index (χ2v) is 9.55. The molecular weight excluding hydrogens is 424 g/mol. The molecule has 5 atom stereocenters. The van der Waals surface area contributed by atoms with Crippen LogP contribution in [-0.4, -0.2) is 52.7 Å². The van der Waals surface area contributed by atoms with Crippen molar-refractivity contribution in [2.45, 2.75) is 83.3 Å². The van der Waals surface area contributed by atoms with Crippen molar-refractivity contribution in [2.24, 2.45) is 17.8 Å². The van der Waals surface area contributed by atoms with E-state index in [4.69, 9.17) is 14.6 Å². The number of carboxylic acid groups (broad SMARTS) is 1. The van der Waals surface area contributed by atoms with E-state index < -0.39 is 11.9 Å². The highest BCUT2D eigenvalue weighted by molar-refractivity contribution is 5.71. The van der Waals surface area contributed by atoms with Crippen LogP contribution in [0.5, 0.6) is 5.75 Å². The van der Waals surface area contributed by atoms with Gasteiger partial charge in [-0.25, -0.2) is 4.79 Å². The van der Waals surface area contributed by atoms with Gasteiger partial charge in [0.05, 0.1) is 18.8 Å². The topological polar surface area (TPSA) is 113 Å². The van der Waals surface area contributed by atoms with Crippen LogP contribution in [0.2, 0.25) is 0 Å². The van der Waals surface area contributed by atoms with Crippen LogP contribution >= 0.6 is 0 Å². The predicted molar refractivity (Wildman–Crippen MR) is 123 cm³/mol. The summed E-state index contributed by atoms with van der Waals surface area (Å²) in [6.45, 7) is 2.10. The molecule has 0 bridgehead atoms. The van der Waals surface area contributed by atoms with Gasteiger partial charge in [-0.15, -0.1) is 0 Å². The Labute approximate surface area is 196 Å². The Bertz CT molecular complexity index is 793. The molecule has 0 unspecified atom stereocenters. The predicted octanol–water partition coefficient (Wildman–Crippen LogP) is 3.52. The van der Waals surface area contributed by atoms with Crippen LogP contribution in [0.25, 0.3) is 0 Å². The fraction of sp³-hybridized carbons (Fsp3) is 0.692. The van der Waals surface area contributed by atoms with Crippen LogP contribution in [-0.2, 0) is 27.2 Å².